The van der Waals surface area contributed by atoms with Crippen molar-refractivity contribution in [3.05, 3.63) is 29.3 Å². The van der Waals surface area contributed by atoms with E-state index in [9.17, 15) is 5.11 Å². The lowest BCUT2D eigenvalue weighted by molar-refractivity contribution is 0.128. The van der Waals surface area contributed by atoms with Gasteiger partial charge < -0.3 is 15.7 Å². The number of rotatable bonds is 3. The molecule has 0 aliphatic heterocycles. The molecule has 3 N–H and O–H groups in total. The summed E-state index contributed by atoms with van der Waals surface area (Å²) in [5, 5.41) is 16.7. The second kappa shape index (κ2) is 4.80. The van der Waals surface area contributed by atoms with Crippen molar-refractivity contribution in [2.45, 2.75) is 31.2 Å². The molecule has 3 rings (SSSR count). The molecule has 1 aromatic carbocycles. The smallest absolute Gasteiger partial charge is 0.115 e. The number of hydrogen-bond acceptors (Lipinski definition) is 3. The number of nitrogens with one attached hydrogen (secondary N) is 2. The number of aromatic hydroxyl groups is 1. The Balaban J connectivity index is 1.93. The molecule has 3 nitrogen and oxygen atoms in total. The van der Waals surface area contributed by atoms with E-state index in [2.05, 4.69) is 23.7 Å². The van der Waals surface area contributed by atoms with Crippen LogP contribution in [0.25, 0.3) is 0 Å². The molecule has 1 saturated carbocycles. The summed E-state index contributed by atoms with van der Waals surface area (Å²) in [5.41, 5.74) is 2.85. The second-order valence-electron chi connectivity index (χ2n) is 6.16. The van der Waals surface area contributed by atoms with Gasteiger partial charge in [0.05, 0.1) is 0 Å². The third kappa shape index (κ3) is 1.96. The van der Waals surface area contributed by atoms with Gasteiger partial charge in [-0.15, -0.1) is 0 Å². The first-order valence-corrected chi connectivity index (χ1v) is 7.35. The van der Waals surface area contributed by atoms with Crippen LogP contribution in [-0.4, -0.2) is 25.7 Å². The highest BCUT2D eigenvalue weighted by Crippen LogP contribution is 2.51. The molecule has 0 aromatic heterocycles. The van der Waals surface area contributed by atoms with Gasteiger partial charge in [-0.2, -0.15) is 0 Å². The van der Waals surface area contributed by atoms with Crippen LogP contribution in [0.3, 0.4) is 0 Å². The topological polar surface area (TPSA) is 44.3 Å². The number of fused-ring (bicyclic) bond motifs is 3. The summed E-state index contributed by atoms with van der Waals surface area (Å²) >= 11 is 0. The molecule has 0 radical (unpaired) electrons. The third-order valence-electron chi connectivity index (χ3n) is 5.24. The van der Waals surface area contributed by atoms with Crippen molar-refractivity contribution in [3.8, 4) is 5.75 Å². The molecule has 0 bridgehead atoms. The minimum atomic E-state index is 0.0956. The van der Waals surface area contributed by atoms with Crippen LogP contribution in [0.15, 0.2) is 18.2 Å². The molecule has 3 heteroatoms. The number of hydrogen-bond donors (Lipinski definition) is 3. The molecule has 0 heterocycles. The van der Waals surface area contributed by atoms with Crippen molar-refractivity contribution in [3.63, 3.8) is 0 Å². The Morgan fingerprint density at radius 1 is 1.37 bits per heavy atom. The normalized spacial score (nSPS) is 32.9. The first-order chi connectivity index (χ1) is 9.19. The zero-order chi connectivity index (χ0) is 13.5. The maximum Gasteiger partial charge on any atom is 0.115 e. The fourth-order valence-corrected chi connectivity index (χ4v) is 4.33. The van der Waals surface area contributed by atoms with Gasteiger partial charge in [-0.3, -0.25) is 0 Å². The van der Waals surface area contributed by atoms with E-state index >= 15 is 0 Å². The van der Waals surface area contributed by atoms with E-state index in [-0.39, 0.29) is 5.54 Å². The van der Waals surface area contributed by atoms with E-state index in [0.717, 1.165) is 18.9 Å². The molecule has 3 unspecified atom stereocenters. The maximum absolute atomic E-state index is 9.80. The number of phenolic OH excluding ortho intramolecular Hbond substituents is 1. The Morgan fingerprint density at radius 2 is 2.21 bits per heavy atom. The largest absolute Gasteiger partial charge is 0.508 e. The van der Waals surface area contributed by atoms with Gasteiger partial charge in [0.1, 0.15) is 5.75 Å². The molecule has 1 aromatic rings. The predicted octanol–water partition coefficient (Wildman–Crippen LogP) is 2.00. The van der Waals surface area contributed by atoms with Crippen molar-refractivity contribution in [2.24, 2.45) is 11.8 Å². The monoisotopic (exact) mass is 260 g/mol. The molecule has 2 aliphatic rings. The fourth-order valence-electron chi connectivity index (χ4n) is 4.33. The van der Waals surface area contributed by atoms with Gasteiger partial charge in [-0.25, -0.2) is 0 Å². The summed E-state index contributed by atoms with van der Waals surface area (Å²) in [6, 6.07) is 5.91. The Kier molecular flexibility index (Phi) is 3.27. The van der Waals surface area contributed by atoms with Crippen LogP contribution in [-0.2, 0) is 12.0 Å². The van der Waals surface area contributed by atoms with Crippen LogP contribution in [0.4, 0.5) is 0 Å². The Hall–Kier alpha value is -1.06. The lowest BCUT2D eigenvalue weighted by atomic mass is 9.69. The van der Waals surface area contributed by atoms with Gasteiger partial charge in [-0.1, -0.05) is 6.07 Å². The van der Waals surface area contributed by atoms with Crippen LogP contribution in [0, 0.1) is 11.8 Å². The van der Waals surface area contributed by atoms with Gasteiger partial charge in [0.25, 0.3) is 0 Å². The van der Waals surface area contributed by atoms with Gasteiger partial charge >= 0.3 is 0 Å². The molecule has 19 heavy (non-hydrogen) atoms. The van der Waals surface area contributed by atoms with E-state index in [1.165, 1.54) is 30.4 Å². The highest BCUT2D eigenvalue weighted by atomic mass is 16.3. The molecule has 104 valence electrons. The predicted molar refractivity (Wildman–Crippen MR) is 77.3 cm³/mol. The minimum absolute atomic E-state index is 0.0956. The molecule has 3 atom stereocenters. The van der Waals surface area contributed by atoms with Crippen LogP contribution < -0.4 is 10.6 Å². The quantitative estimate of drug-likeness (QED) is 0.779. The standard InChI is InChI=1S/C16H24N2O/c1-17-10-11-5-6-16(18-2)13(7-11)8-12-3-4-14(19)9-15(12)16/h3-4,9,11,13,17-19H,5-8,10H2,1-2H3. The Bertz CT molecular complexity index is 474. The number of benzene rings is 1. The van der Waals surface area contributed by atoms with Crippen LogP contribution >= 0.6 is 0 Å². The third-order valence-corrected chi connectivity index (χ3v) is 5.24. The van der Waals surface area contributed by atoms with E-state index < -0.39 is 0 Å². The van der Waals surface area contributed by atoms with E-state index in [0.29, 0.717) is 11.7 Å². The highest BCUT2D eigenvalue weighted by molar-refractivity contribution is 5.45. The van der Waals surface area contributed by atoms with Crippen LogP contribution in [0.2, 0.25) is 0 Å². The van der Waals surface area contributed by atoms with Crippen LogP contribution in [0.1, 0.15) is 30.4 Å². The molecule has 0 spiro atoms. The summed E-state index contributed by atoms with van der Waals surface area (Å²) in [7, 11) is 4.12. The zero-order valence-corrected chi connectivity index (χ0v) is 11.9. The van der Waals surface area contributed by atoms with Gasteiger partial charge in [0.15, 0.2) is 0 Å². The van der Waals surface area contributed by atoms with E-state index in [4.69, 9.17) is 0 Å². The van der Waals surface area contributed by atoms with Gasteiger partial charge in [0, 0.05) is 5.54 Å². The second-order valence-corrected chi connectivity index (χ2v) is 6.16. The average molecular weight is 260 g/mol. The molecular weight excluding hydrogens is 236 g/mol. The Labute approximate surface area is 115 Å². The summed E-state index contributed by atoms with van der Waals surface area (Å²) in [4.78, 5) is 0. The van der Waals surface area contributed by atoms with Gasteiger partial charge in [0.2, 0.25) is 0 Å². The van der Waals surface area contributed by atoms with E-state index in [1.54, 1.807) is 0 Å². The summed E-state index contributed by atoms with van der Waals surface area (Å²) in [6.07, 6.45) is 4.86. The van der Waals surface area contributed by atoms with Crippen molar-refractivity contribution in [1.82, 2.24) is 10.6 Å². The SMILES string of the molecule is CNCC1CCC2(NC)c3cc(O)ccc3CC2C1. The molecular formula is C16H24N2O. The lowest BCUT2D eigenvalue weighted by Crippen LogP contribution is -2.48. The average Bonchev–Trinajstić information content (AvgIpc) is 2.73. The summed E-state index contributed by atoms with van der Waals surface area (Å²) in [6.45, 7) is 1.12. The molecule has 2 aliphatic carbocycles. The van der Waals surface area contributed by atoms with Crippen molar-refractivity contribution < 1.29 is 5.11 Å². The van der Waals surface area contributed by atoms with Gasteiger partial charge in [-0.05, 0) is 81.4 Å². The van der Waals surface area contributed by atoms with Crippen molar-refractivity contribution in [1.29, 1.82) is 0 Å². The lowest BCUT2D eigenvalue weighted by Gasteiger charge is -2.43. The zero-order valence-electron chi connectivity index (χ0n) is 11.9. The Morgan fingerprint density at radius 3 is 2.95 bits per heavy atom. The summed E-state index contributed by atoms with van der Waals surface area (Å²) in [5.74, 6) is 1.85. The summed E-state index contributed by atoms with van der Waals surface area (Å²) < 4.78 is 0. The minimum Gasteiger partial charge on any atom is -0.508 e. The van der Waals surface area contributed by atoms with Crippen molar-refractivity contribution in [2.75, 3.05) is 20.6 Å². The molecule has 0 amide bonds. The first kappa shape index (κ1) is 12.9. The molecule has 0 saturated heterocycles. The first-order valence-electron chi connectivity index (χ1n) is 7.35. The highest BCUT2D eigenvalue weighted by Gasteiger charge is 2.48. The van der Waals surface area contributed by atoms with Crippen LogP contribution in [0.5, 0.6) is 5.75 Å². The maximum atomic E-state index is 9.80. The van der Waals surface area contributed by atoms with E-state index in [1.807, 2.05) is 19.2 Å². The fraction of sp³-hybridized carbons (Fsp3) is 0.625. The van der Waals surface area contributed by atoms with Crippen molar-refractivity contribution >= 4 is 0 Å². The molecule has 1 fully saturated rings. The number of phenols is 1.